The number of nitrogens with one attached hydrogen (secondary N) is 2. The molecular weight excluding hydrogens is 348 g/mol. The van der Waals surface area contributed by atoms with Gasteiger partial charge in [-0.3, -0.25) is 9.59 Å². The number of anilines is 1. The molecule has 0 unspecified atom stereocenters. The lowest BCUT2D eigenvalue weighted by atomic mass is 10.1. The van der Waals surface area contributed by atoms with Crippen LogP contribution in [0.3, 0.4) is 0 Å². The molecule has 2 aromatic carbocycles. The molecule has 142 valence electrons. The number of carbonyl (C=O) groups excluding carboxylic acids is 2. The summed E-state index contributed by atoms with van der Waals surface area (Å²) in [5.74, 6) is 0.954. The van der Waals surface area contributed by atoms with Crippen molar-refractivity contribution >= 4 is 23.6 Å². The van der Waals surface area contributed by atoms with Crippen LogP contribution in [0, 0.1) is 0 Å². The van der Waals surface area contributed by atoms with Crippen molar-refractivity contribution in [3.05, 3.63) is 53.7 Å². The van der Waals surface area contributed by atoms with Crippen molar-refractivity contribution in [1.29, 1.82) is 0 Å². The van der Waals surface area contributed by atoms with Gasteiger partial charge in [-0.1, -0.05) is 6.07 Å². The molecule has 0 bridgehead atoms. The van der Waals surface area contributed by atoms with Crippen molar-refractivity contribution in [3.63, 3.8) is 0 Å². The summed E-state index contributed by atoms with van der Waals surface area (Å²) in [5, 5.41) is 5.29. The molecule has 2 amide bonds. The van der Waals surface area contributed by atoms with Crippen molar-refractivity contribution < 1.29 is 23.8 Å². The number of ether oxygens (including phenoxy) is 3. The molecule has 0 fully saturated rings. The molecule has 0 aliphatic carbocycles. The zero-order valence-corrected chi connectivity index (χ0v) is 15.7. The molecular formula is C20H22N2O5. The Morgan fingerprint density at radius 1 is 0.889 bits per heavy atom. The molecule has 2 N–H and O–H groups in total. The Hall–Kier alpha value is -3.48. The highest BCUT2D eigenvalue weighted by Crippen LogP contribution is 2.28. The quantitative estimate of drug-likeness (QED) is 0.732. The Morgan fingerprint density at radius 3 is 2.11 bits per heavy atom. The lowest BCUT2D eigenvalue weighted by Crippen LogP contribution is -2.28. The van der Waals surface area contributed by atoms with Gasteiger partial charge in [0.25, 0.3) is 5.91 Å². The van der Waals surface area contributed by atoms with E-state index in [1.54, 1.807) is 62.8 Å². The lowest BCUT2D eigenvalue weighted by Gasteiger charge is -2.11. The standard InChI is InChI=1S/C20H22N2O5/c1-13(23)21-17(11-14-5-10-18(26-3)19(12-14)27-4)20(24)22-15-6-8-16(25-2)9-7-15/h5-12H,1-4H3,(H,21,23)(H,22,24)/b17-11-. The normalized spacial score (nSPS) is 10.7. The molecule has 7 heteroatoms. The van der Waals surface area contributed by atoms with Crippen molar-refractivity contribution in [1.82, 2.24) is 5.32 Å². The summed E-state index contributed by atoms with van der Waals surface area (Å²) in [4.78, 5) is 24.1. The van der Waals surface area contributed by atoms with Gasteiger partial charge in [0.1, 0.15) is 11.4 Å². The Morgan fingerprint density at radius 2 is 1.56 bits per heavy atom. The summed E-state index contributed by atoms with van der Waals surface area (Å²) in [7, 11) is 4.63. The van der Waals surface area contributed by atoms with E-state index in [0.717, 1.165) is 0 Å². The summed E-state index contributed by atoms with van der Waals surface area (Å²) in [5.41, 5.74) is 1.34. The van der Waals surface area contributed by atoms with Gasteiger partial charge < -0.3 is 24.8 Å². The molecule has 0 aliphatic rings. The molecule has 0 atom stereocenters. The minimum Gasteiger partial charge on any atom is -0.497 e. The van der Waals surface area contributed by atoms with Crippen LogP contribution in [0.25, 0.3) is 6.08 Å². The van der Waals surface area contributed by atoms with Crippen LogP contribution >= 0.6 is 0 Å². The van der Waals surface area contributed by atoms with Crippen LogP contribution in [0.2, 0.25) is 0 Å². The number of amides is 2. The predicted octanol–water partition coefficient (Wildman–Crippen LogP) is 2.83. The van der Waals surface area contributed by atoms with Gasteiger partial charge in [0.15, 0.2) is 11.5 Å². The van der Waals surface area contributed by atoms with Gasteiger partial charge >= 0.3 is 0 Å². The third kappa shape index (κ3) is 5.50. The smallest absolute Gasteiger partial charge is 0.272 e. The van der Waals surface area contributed by atoms with Gasteiger partial charge in [-0.25, -0.2) is 0 Å². The topological polar surface area (TPSA) is 85.9 Å². The van der Waals surface area contributed by atoms with E-state index in [1.165, 1.54) is 14.0 Å². The summed E-state index contributed by atoms with van der Waals surface area (Å²) in [6.45, 7) is 1.34. The maximum absolute atomic E-state index is 12.6. The van der Waals surface area contributed by atoms with Crippen LogP contribution in [-0.4, -0.2) is 33.1 Å². The average molecular weight is 370 g/mol. The lowest BCUT2D eigenvalue weighted by molar-refractivity contribution is -0.120. The Bertz CT molecular complexity index is 844. The predicted molar refractivity (Wildman–Crippen MR) is 103 cm³/mol. The molecule has 2 aromatic rings. The van der Waals surface area contributed by atoms with Crippen molar-refractivity contribution in [2.45, 2.75) is 6.92 Å². The minimum atomic E-state index is -0.454. The van der Waals surface area contributed by atoms with E-state index in [2.05, 4.69) is 10.6 Å². The molecule has 0 heterocycles. The van der Waals surface area contributed by atoms with Gasteiger partial charge in [0.2, 0.25) is 5.91 Å². The largest absolute Gasteiger partial charge is 0.497 e. The fourth-order valence-corrected chi connectivity index (χ4v) is 2.33. The first-order valence-corrected chi connectivity index (χ1v) is 8.13. The number of benzene rings is 2. The first-order valence-electron chi connectivity index (χ1n) is 8.13. The third-order valence-electron chi connectivity index (χ3n) is 3.62. The second-order valence-corrected chi connectivity index (χ2v) is 5.54. The van der Waals surface area contributed by atoms with Crippen molar-refractivity contribution in [3.8, 4) is 17.2 Å². The molecule has 27 heavy (non-hydrogen) atoms. The monoisotopic (exact) mass is 370 g/mol. The fourth-order valence-electron chi connectivity index (χ4n) is 2.33. The van der Waals surface area contributed by atoms with E-state index in [-0.39, 0.29) is 11.6 Å². The van der Waals surface area contributed by atoms with Crippen LogP contribution in [0.5, 0.6) is 17.2 Å². The summed E-state index contributed by atoms with van der Waals surface area (Å²) in [6, 6.07) is 12.1. The first kappa shape index (κ1) is 19.8. The first-order chi connectivity index (χ1) is 13.0. The maximum Gasteiger partial charge on any atom is 0.272 e. The van der Waals surface area contributed by atoms with Gasteiger partial charge in [-0.05, 0) is 48.0 Å². The Balaban J connectivity index is 2.28. The Kier molecular flexibility index (Phi) is 6.82. The van der Waals surface area contributed by atoms with Crippen molar-refractivity contribution in [2.24, 2.45) is 0 Å². The highest BCUT2D eigenvalue weighted by molar-refractivity contribution is 6.08. The van der Waals surface area contributed by atoms with Crippen LogP contribution in [-0.2, 0) is 9.59 Å². The van der Waals surface area contributed by atoms with Crippen LogP contribution < -0.4 is 24.8 Å². The van der Waals surface area contributed by atoms with Crippen molar-refractivity contribution in [2.75, 3.05) is 26.6 Å². The molecule has 0 radical (unpaired) electrons. The van der Waals surface area contributed by atoms with E-state index in [4.69, 9.17) is 14.2 Å². The van der Waals surface area contributed by atoms with Gasteiger partial charge in [0, 0.05) is 12.6 Å². The number of rotatable bonds is 7. The van der Waals surface area contributed by atoms with Crippen LogP contribution in [0.1, 0.15) is 12.5 Å². The molecule has 0 spiro atoms. The highest BCUT2D eigenvalue weighted by Gasteiger charge is 2.13. The number of hydrogen-bond acceptors (Lipinski definition) is 5. The average Bonchev–Trinajstić information content (AvgIpc) is 2.67. The highest BCUT2D eigenvalue weighted by atomic mass is 16.5. The number of hydrogen-bond donors (Lipinski definition) is 2. The van der Waals surface area contributed by atoms with Gasteiger partial charge in [-0.15, -0.1) is 0 Å². The molecule has 0 aromatic heterocycles. The van der Waals surface area contributed by atoms with Crippen LogP contribution in [0.15, 0.2) is 48.2 Å². The number of methoxy groups -OCH3 is 3. The fraction of sp³-hybridized carbons (Fsp3) is 0.200. The second kappa shape index (κ2) is 9.28. The van der Waals surface area contributed by atoms with E-state index < -0.39 is 5.91 Å². The van der Waals surface area contributed by atoms with Crippen LogP contribution in [0.4, 0.5) is 5.69 Å². The summed E-state index contributed by atoms with van der Waals surface area (Å²) in [6.07, 6.45) is 1.56. The maximum atomic E-state index is 12.6. The van der Waals surface area contributed by atoms with E-state index in [0.29, 0.717) is 28.5 Å². The SMILES string of the molecule is COc1ccc(NC(=O)/C(=C/c2ccc(OC)c(OC)c2)NC(C)=O)cc1. The Labute approximate surface area is 157 Å². The van der Waals surface area contributed by atoms with Gasteiger partial charge in [0.05, 0.1) is 21.3 Å². The number of carbonyl (C=O) groups is 2. The summed E-state index contributed by atoms with van der Waals surface area (Å²) < 4.78 is 15.6. The third-order valence-corrected chi connectivity index (χ3v) is 3.62. The minimum absolute atomic E-state index is 0.102. The second-order valence-electron chi connectivity index (χ2n) is 5.54. The summed E-state index contributed by atoms with van der Waals surface area (Å²) >= 11 is 0. The zero-order chi connectivity index (χ0) is 19.8. The molecule has 2 rings (SSSR count). The van der Waals surface area contributed by atoms with Gasteiger partial charge in [-0.2, -0.15) is 0 Å². The zero-order valence-electron chi connectivity index (χ0n) is 15.7. The molecule has 0 saturated heterocycles. The van der Waals surface area contributed by atoms with E-state index >= 15 is 0 Å². The molecule has 0 aliphatic heterocycles. The molecule has 7 nitrogen and oxygen atoms in total. The van der Waals surface area contributed by atoms with E-state index in [1.807, 2.05) is 0 Å². The van der Waals surface area contributed by atoms with E-state index in [9.17, 15) is 9.59 Å². The molecule has 0 saturated carbocycles.